The molecule has 0 radical (unpaired) electrons. The molecule has 1 aliphatic rings. The van der Waals surface area contributed by atoms with E-state index < -0.39 is 12.0 Å². The standard InChI is InChI=1S/C5H5F2N/c1-8-4-2-3-5(4,6)7/h4H,2-3H2. The molecule has 0 spiro atoms. The summed E-state index contributed by atoms with van der Waals surface area (Å²) in [4.78, 5) is 2.75. The molecular formula is C5H5F2N. The van der Waals surface area contributed by atoms with Crippen molar-refractivity contribution < 1.29 is 8.78 Å². The van der Waals surface area contributed by atoms with E-state index in [1.54, 1.807) is 0 Å². The third-order valence-electron chi connectivity index (χ3n) is 1.39. The molecule has 0 aromatic carbocycles. The van der Waals surface area contributed by atoms with E-state index in [2.05, 4.69) is 4.85 Å². The molecule has 1 nitrogen and oxygen atoms in total. The summed E-state index contributed by atoms with van der Waals surface area (Å²) >= 11 is 0. The van der Waals surface area contributed by atoms with E-state index in [0.717, 1.165) is 0 Å². The van der Waals surface area contributed by atoms with Crippen molar-refractivity contribution in [3.63, 3.8) is 0 Å². The Bertz CT molecular complexity index is 136. The first-order valence-corrected chi connectivity index (χ1v) is 2.41. The van der Waals surface area contributed by atoms with E-state index in [1.807, 2.05) is 0 Å². The average molecular weight is 117 g/mol. The van der Waals surface area contributed by atoms with Crippen LogP contribution in [-0.4, -0.2) is 12.0 Å². The summed E-state index contributed by atoms with van der Waals surface area (Å²) in [5.41, 5.74) is 0. The molecule has 0 heterocycles. The van der Waals surface area contributed by atoms with Crippen LogP contribution >= 0.6 is 0 Å². The maximum atomic E-state index is 12.0. The van der Waals surface area contributed by atoms with Crippen LogP contribution in [0.15, 0.2) is 0 Å². The van der Waals surface area contributed by atoms with E-state index in [-0.39, 0.29) is 6.42 Å². The summed E-state index contributed by atoms with van der Waals surface area (Å²) in [6, 6.07) is -1.01. The molecule has 1 rings (SSSR count). The van der Waals surface area contributed by atoms with Crippen molar-refractivity contribution in [1.82, 2.24) is 0 Å². The largest absolute Gasteiger partial charge is 0.321 e. The minimum Gasteiger partial charge on any atom is -0.307 e. The van der Waals surface area contributed by atoms with Gasteiger partial charge in [0.25, 0.3) is 6.04 Å². The molecule has 1 unspecified atom stereocenters. The summed E-state index contributed by atoms with van der Waals surface area (Å²) < 4.78 is 24.0. The van der Waals surface area contributed by atoms with Gasteiger partial charge < -0.3 is 4.85 Å². The van der Waals surface area contributed by atoms with Crippen molar-refractivity contribution in [2.45, 2.75) is 24.8 Å². The van der Waals surface area contributed by atoms with E-state index in [4.69, 9.17) is 6.57 Å². The fourth-order valence-electron chi connectivity index (χ4n) is 0.651. The molecule has 0 amide bonds. The molecule has 8 heavy (non-hydrogen) atoms. The first kappa shape index (κ1) is 5.49. The molecule has 1 atom stereocenters. The summed E-state index contributed by atoms with van der Waals surface area (Å²) in [6.07, 6.45) is 0.274. The van der Waals surface area contributed by atoms with E-state index in [1.165, 1.54) is 0 Å². The summed E-state index contributed by atoms with van der Waals surface area (Å²) in [5, 5.41) is 0. The molecule has 0 bridgehead atoms. The van der Waals surface area contributed by atoms with Crippen LogP contribution in [0.4, 0.5) is 8.78 Å². The maximum absolute atomic E-state index is 12.0. The lowest BCUT2D eigenvalue weighted by Gasteiger charge is -2.25. The van der Waals surface area contributed by atoms with Gasteiger partial charge in [-0.3, -0.25) is 0 Å². The predicted molar refractivity (Wildman–Crippen MR) is 24.6 cm³/mol. The molecule has 3 heteroatoms. The molecule has 0 aromatic heterocycles. The van der Waals surface area contributed by atoms with Gasteiger partial charge in [-0.1, -0.05) is 0 Å². The number of hydrogen-bond acceptors (Lipinski definition) is 0. The fraction of sp³-hybridized carbons (Fsp3) is 0.800. The third kappa shape index (κ3) is 0.568. The van der Waals surface area contributed by atoms with Crippen LogP contribution in [0.2, 0.25) is 0 Å². The Kier molecular flexibility index (Phi) is 0.968. The van der Waals surface area contributed by atoms with Gasteiger partial charge in [-0.05, 0) is 0 Å². The molecule has 1 fully saturated rings. The second-order valence-electron chi connectivity index (χ2n) is 1.94. The van der Waals surface area contributed by atoms with Gasteiger partial charge in [0, 0.05) is 12.8 Å². The lowest BCUT2D eigenvalue weighted by molar-refractivity contribution is -0.0787. The van der Waals surface area contributed by atoms with E-state index >= 15 is 0 Å². The Morgan fingerprint density at radius 2 is 2.25 bits per heavy atom. The Balaban J connectivity index is 2.53. The highest BCUT2D eigenvalue weighted by molar-refractivity contribution is 5.01. The topological polar surface area (TPSA) is 4.36 Å². The van der Waals surface area contributed by atoms with Crippen LogP contribution in [-0.2, 0) is 0 Å². The second-order valence-corrected chi connectivity index (χ2v) is 1.94. The smallest absolute Gasteiger partial charge is 0.307 e. The van der Waals surface area contributed by atoms with Crippen molar-refractivity contribution in [2.24, 2.45) is 0 Å². The fourth-order valence-corrected chi connectivity index (χ4v) is 0.651. The number of hydrogen-bond donors (Lipinski definition) is 0. The van der Waals surface area contributed by atoms with Crippen LogP contribution in [0.1, 0.15) is 12.8 Å². The number of nitrogens with zero attached hydrogens (tertiary/aromatic N) is 1. The van der Waals surface area contributed by atoms with Crippen molar-refractivity contribution in [2.75, 3.05) is 0 Å². The molecule has 1 aliphatic carbocycles. The van der Waals surface area contributed by atoms with Gasteiger partial charge in [0.2, 0.25) is 0 Å². The first-order valence-electron chi connectivity index (χ1n) is 2.41. The van der Waals surface area contributed by atoms with Crippen LogP contribution < -0.4 is 0 Å². The van der Waals surface area contributed by atoms with Gasteiger partial charge >= 0.3 is 5.92 Å². The minimum absolute atomic E-state index is 0.0972. The van der Waals surface area contributed by atoms with Crippen LogP contribution in [0.3, 0.4) is 0 Å². The van der Waals surface area contributed by atoms with Crippen LogP contribution in [0.25, 0.3) is 4.85 Å². The molecule has 0 aliphatic heterocycles. The molecule has 44 valence electrons. The predicted octanol–water partition coefficient (Wildman–Crippen LogP) is 1.70. The van der Waals surface area contributed by atoms with E-state index in [9.17, 15) is 8.78 Å². The van der Waals surface area contributed by atoms with Crippen molar-refractivity contribution in [3.05, 3.63) is 11.4 Å². The Morgan fingerprint density at radius 3 is 2.25 bits per heavy atom. The zero-order valence-electron chi connectivity index (χ0n) is 4.19. The zero-order valence-corrected chi connectivity index (χ0v) is 4.19. The highest BCUT2D eigenvalue weighted by Crippen LogP contribution is 2.39. The average Bonchev–Trinajstić information content (AvgIpc) is 1.66. The molecule has 0 N–H and O–H groups in total. The van der Waals surface area contributed by atoms with Crippen molar-refractivity contribution in [3.8, 4) is 0 Å². The molecular weight excluding hydrogens is 112 g/mol. The Hall–Kier alpha value is -0.650. The normalized spacial score (nSPS) is 32.9. The number of rotatable bonds is 0. The Labute approximate surface area is 46.1 Å². The summed E-state index contributed by atoms with van der Waals surface area (Å²) in [5.74, 6) is -2.66. The van der Waals surface area contributed by atoms with Gasteiger partial charge in [-0.25, -0.2) is 6.57 Å². The van der Waals surface area contributed by atoms with Crippen LogP contribution in [0, 0.1) is 6.57 Å². The number of halogens is 2. The Morgan fingerprint density at radius 1 is 1.62 bits per heavy atom. The van der Waals surface area contributed by atoms with Gasteiger partial charge in [0.15, 0.2) is 0 Å². The lowest BCUT2D eigenvalue weighted by Crippen LogP contribution is -2.41. The number of alkyl halides is 2. The van der Waals surface area contributed by atoms with Gasteiger partial charge in [-0.15, -0.1) is 0 Å². The summed E-state index contributed by atoms with van der Waals surface area (Å²) in [6.45, 7) is 6.26. The zero-order chi connectivity index (χ0) is 6.20. The van der Waals surface area contributed by atoms with Gasteiger partial charge in [0.05, 0.1) is 0 Å². The first-order chi connectivity index (χ1) is 3.67. The van der Waals surface area contributed by atoms with Crippen LogP contribution in [0.5, 0.6) is 0 Å². The van der Waals surface area contributed by atoms with Crippen molar-refractivity contribution >= 4 is 0 Å². The molecule has 1 saturated carbocycles. The highest BCUT2D eigenvalue weighted by atomic mass is 19.3. The second kappa shape index (κ2) is 1.41. The lowest BCUT2D eigenvalue weighted by atomic mass is 9.89. The third-order valence-corrected chi connectivity index (χ3v) is 1.39. The molecule has 0 aromatic rings. The van der Waals surface area contributed by atoms with Gasteiger partial charge in [-0.2, -0.15) is 8.78 Å². The monoisotopic (exact) mass is 117 g/mol. The summed E-state index contributed by atoms with van der Waals surface area (Å²) in [7, 11) is 0. The maximum Gasteiger partial charge on any atom is 0.321 e. The van der Waals surface area contributed by atoms with Gasteiger partial charge in [0.1, 0.15) is 0 Å². The minimum atomic E-state index is -2.66. The quantitative estimate of drug-likeness (QED) is 0.425. The van der Waals surface area contributed by atoms with Crippen molar-refractivity contribution in [1.29, 1.82) is 0 Å². The SMILES string of the molecule is [C-]#[N+]C1CCC1(F)F. The van der Waals surface area contributed by atoms with E-state index in [0.29, 0.717) is 6.42 Å². The molecule has 0 saturated heterocycles. The highest BCUT2D eigenvalue weighted by Gasteiger charge is 2.54.